The molecule has 100 valence electrons. The average Bonchev–Trinajstić information content (AvgIpc) is 2.81. The highest BCUT2D eigenvalue weighted by molar-refractivity contribution is 5.02. The molecule has 17 heavy (non-hydrogen) atoms. The van der Waals surface area contributed by atoms with Gasteiger partial charge in [-0.1, -0.05) is 40.0 Å². The highest BCUT2D eigenvalue weighted by Gasteiger charge is 2.43. The van der Waals surface area contributed by atoms with E-state index in [1.807, 2.05) is 0 Å². The van der Waals surface area contributed by atoms with Gasteiger partial charge in [-0.05, 0) is 31.7 Å². The molecule has 0 amide bonds. The first-order chi connectivity index (χ1) is 8.22. The van der Waals surface area contributed by atoms with Crippen molar-refractivity contribution in [1.82, 2.24) is 10.2 Å². The maximum atomic E-state index is 3.85. The minimum atomic E-state index is 0.528. The van der Waals surface area contributed by atoms with Gasteiger partial charge < -0.3 is 5.32 Å². The Hall–Kier alpha value is -0.0800. The van der Waals surface area contributed by atoms with Crippen molar-refractivity contribution < 1.29 is 0 Å². The summed E-state index contributed by atoms with van der Waals surface area (Å²) < 4.78 is 0. The van der Waals surface area contributed by atoms with Crippen LogP contribution in [0.3, 0.4) is 0 Å². The van der Waals surface area contributed by atoms with Gasteiger partial charge in [0.2, 0.25) is 0 Å². The molecule has 0 aromatic carbocycles. The fourth-order valence-corrected chi connectivity index (χ4v) is 3.72. The first-order valence-corrected chi connectivity index (χ1v) is 7.70. The van der Waals surface area contributed by atoms with E-state index < -0.39 is 0 Å². The zero-order valence-corrected chi connectivity index (χ0v) is 12.0. The molecule has 2 aliphatic rings. The fourth-order valence-electron chi connectivity index (χ4n) is 3.72. The number of rotatable bonds is 4. The minimum absolute atomic E-state index is 0.528. The quantitative estimate of drug-likeness (QED) is 0.810. The molecule has 1 saturated heterocycles. The SMILES string of the molecule is CCCN1CC(C(C)CC)NCC12CCCC2. The van der Waals surface area contributed by atoms with Crippen LogP contribution in [0.25, 0.3) is 0 Å². The Morgan fingerprint density at radius 1 is 1.29 bits per heavy atom. The molecule has 2 heteroatoms. The molecule has 0 bridgehead atoms. The van der Waals surface area contributed by atoms with Gasteiger partial charge in [0.25, 0.3) is 0 Å². The summed E-state index contributed by atoms with van der Waals surface area (Å²) in [6.45, 7) is 10.9. The molecule has 1 saturated carbocycles. The molecular formula is C15H30N2. The Morgan fingerprint density at radius 2 is 2.00 bits per heavy atom. The van der Waals surface area contributed by atoms with Gasteiger partial charge in [-0.3, -0.25) is 4.90 Å². The van der Waals surface area contributed by atoms with Crippen molar-refractivity contribution >= 4 is 0 Å². The van der Waals surface area contributed by atoms with Gasteiger partial charge in [0.15, 0.2) is 0 Å². The van der Waals surface area contributed by atoms with Crippen LogP contribution in [0.2, 0.25) is 0 Å². The van der Waals surface area contributed by atoms with Gasteiger partial charge >= 0.3 is 0 Å². The summed E-state index contributed by atoms with van der Waals surface area (Å²) in [5, 5.41) is 3.85. The summed E-state index contributed by atoms with van der Waals surface area (Å²) in [5.74, 6) is 0.813. The minimum Gasteiger partial charge on any atom is -0.311 e. The van der Waals surface area contributed by atoms with Crippen molar-refractivity contribution in [2.45, 2.75) is 70.9 Å². The van der Waals surface area contributed by atoms with Gasteiger partial charge in [0.1, 0.15) is 0 Å². The third kappa shape index (κ3) is 2.68. The summed E-state index contributed by atoms with van der Waals surface area (Å²) in [5.41, 5.74) is 0.528. The van der Waals surface area contributed by atoms with Crippen LogP contribution >= 0.6 is 0 Å². The summed E-state index contributed by atoms with van der Waals surface area (Å²) in [6.07, 6.45) is 8.33. The standard InChI is InChI=1S/C15H30N2/c1-4-10-17-11-14(13(3)5-2)16-12-15(17)8-6-7-9-15/h13-14,16H,4-12H2,1-3H3. The summed E-state index contributed by atoms with van der Waals surface area (Å²) in [6, 6.07) is 0.720. The van der Waals surface area contributed by atoms with E-state index in [0.29, 0.717) is 5.54 Å². The molecule has 1 spiro atoms. The number of hydrogen-bond acceptors (Lipinski definition) is 2. The second-order valence-corrected chi connectivity index (χ2v) is 6.25. The van der Waals surface area contributed by atoms with Crippen LogP contribution in [0.4, 0.5) is 0 Å². The van der Waals surface area contributed by atoms with E-state index in [1.54, 1.807) is 0 Å². The van der Waals surface area contributed by atoms with Gasteiger partial charge in [0.05, 0.1) is 0 Å². The van der Waals surface area contributed by atoms with Crippen molar-refractivity contribution in [1.29, 1.82) is 0 Å². The molecule has 1 aliphatic heterocycles. The van der Waals surface area contributed by atoms with E-state index in [-0.39, 0.29) is 0 Å². The largest absolute Gasteiger partial charge is 0.311 e. The van der Waals surface area contributed by atoms with E-state index in [0.717, 1.165) is 12.0 Å². The van der Waals surface area contributed by atoms with Gasteiger partial charge in [-0.2, -0.15) is 0 Å². The molecule has 2 fully saturated rings. The van der Waals surface area contributed by atoms with Crippen molar-refractivity contribution in [3.8, 4) is 0 Å². The molecule has 1 aliphatic carbocycles. The third-order valence-electron chi connectivity index (χ3n) is 5.14. The Kier molecular flexibility index (Phi) is 4.48. The van der Waals surface area contributed by atoms with Crippen LogP contribution in [0.1, 0.15) is 59.3 Å². The lowest BCUT2D eigenvalue weighted by atomic mass is 9.87. The average molecular weight is 238 g/mol. The van der Waals surface area contributed by atoms with E-state index in [1.165, 1.54) is 58.2 Å². The molecule has 2 unspecified atom stereocenters. The zero-order valence-electron chi connectivity index (χ0n) is 12.0. The lowest BCUT2D eigenvalue weighted by Gasteiger charge is -2.49. The number of hydrogen-bond donors (Lipinski definition) is 1. The Bertz CT molecular complexity index is 233. The highest BCUT2D eigenvalue weighted by Crippen LogP contribution is 2.37. The Balaban J connectivity index is 2.02. The zero-order chi connectivity index (χ0) is 12.3. The second-order valence-electron chi connectivity index (χ2n) is 6.25. The predicted octanol–water partition coefficient (Wildman–Crippen LogP) is 3.03. The van der Waals surface area contributed by atoms with Crippen LogP contribution in [0, 0.1) is 5.92 Å². The first-order valence-electron chi connectivity index (χ1n) is 7.70. The van der Waals surface area contributed by atoms with Crippen molar-refractivity contribution in [2.24, 2.45) is 5.92 Å². The van der Waals surface area contributed by atoms with Crippen molar-refractivity contribution in [3.63, 3.8) is 0 Å². The lowest BCUT2D eigenvalue weighted by Crippen LogP contribution is -2.64. The molecule has 2 nitrogen and oxygen atoms in total. The van der Waals surface area contributed by atoms with Crippen LogP contribution in [0.5, 0.6) is 0 Å². The van der Waals surface area contributed by atoms with Crippen LogP contribution in [-0.2, 0) is 0 Å². The smallest absolute Gasteiger partial charge is 0.0334 e. The van der Waals surface area contributed by atoms with Crippen molar-refractivity contribution in [2.75, 3.05) is 19.6 Å². The molecule has 2 atom stereocenters. The van der Waals surface area contributed by atoms with E-state index in [9.17, 15) is 0 Å². The van der Waals surface area contributed by atoms with E-state index in [2.05, 4.69) is 31.0 Å². The third-order valence-corrected chi connectivity index (χ3v) is 5.14. The summed E-state index contributed by atoms with van der Waals surface area (Å²) in [4.78, 5) is 2.83. The molecule has 0 aromatic heterocycles. The molecule has 0 radical (unpaired) electrons. The Labute approximate surface area is 107 Å². The molecule has 1 N–H and O–H groups in total. The molecular weight excluding hydrogens is 208 g/mol. The molecule has 2 rings (SSSR count). The van der Waals surface area contributed by atoms with E-state index in [4.69, 9.17) is 0 Å². The molecule has 0 aromatic rings. The summed E-state index contributed by atoms with van der Waals surface area (Å²) in [7, 11) is 0. The molecule has 1 heterocycles. The number of nitrogens with zero attached hydrogens (tertiary/aromatic N) is 1. The van der Waals surface area contributed by atoms with Gasteiger partial charge in [0, 0.05) is 24.7 Å². The summed E-state index contributed by atoms with van der Waals surface area (Å²) >= 11 is 0. The van der Waals surface area contributed by atoms with Gasteiger partial charge in [-0.25, -0.2) is 0 Å². The lowest BCUT2D eigenvalue weighted by molar-refractivity contribution is 0.0309. The number of nitrogens with one attached hydrogen (secondary N) is 1. The highest BCUT2D eigenvalue weighted by atomic mass is 15.3. The predicted molar refractivity (Wildman–Crippen MR) is 74.3 cm³/mol. The van der Waals surface area contributed by atoms with Crippen LogP contribution in [-0.4, -0.2) is 36.1 Å². The van der Waals surface area contributed by atoms with Crippen LogP contribution < -0.4 is 5.32 Å². The Morgan fingerprint density at radius 3 is 2.59 bits per heavy atom. The van der Waals surface area contributed by atoms with Crippen molar-refractivity contribution in [3.05, 3.63) is 0 Å². The normalized spacial score (nSPS) is 30.9. The second kappa shape index (κ2) is 5.71. The fraction of sp³-hybridized carbons (Fsp3) is 1.00. The van der Waals surface area contributed by atoms with Crippen LogP contribution in [0.15, 0.2) is 0 Å². The van der Waals surface area contributed by atoms with E-state index >= 15 is 0 Å². The number of piperazine rings is 1. The topological polar surface area (TPSA) is 15.3 Å². The van der Waals surface area contributed by atoms with Gasteiger partial charge in [-0.15, -0.1) is 0 Å². The monoisotopic (exact) mass is 238 g/mol. The maximum Gasteiger partial charge on any atom is 0.0334 e. The first kappa shape index (κ1) is 13.4. The maximum absolute atomic E-state index is 3.85.